The zero-order chi connectivity index (χ0) is 15.4. The van der Waals surface area contributed by atoms with Crippen LogP contribution in [0.5, 0.6) is 0 Å². The van der Waals surface area contributed by atoms with E-state index >= 15 is 0 Å². The Bertz CT molecular complexity index is 827. The van der Waals surface area contributed by atoms with Crippen LogP contribution in [0, 0.1) is 11.3 Å². The van der Waals surface area contributed by atoms with E-state index in [4.69, 9.17) is 5.26 Å². The molecule has 0 unspecified atom stereocenters. The fraction of sp³-hybridized carbons (Fsp3) is 0.118. The Hall–Kier alpha value is -2.58. The van der Waals surface area contributed by atoms with Crippen LogP contribution in [0.15, 0.2) is 59.8 Å². The van der Waals surface area contributed by atoms with Crippen LogP contribution in [0.25, 0.3) is 10.9 Å². The zero-order valence-electron chi connectivity index (χ0n) is 12.0. The number of nitrogens with one attached hydrogen (secondary N) is 1. The first-order chi connectivity index (χ1) is 10.8. The van der Waals surface area contributed by atoms with E-state index in [0.29, 0.717) is 5.16 Å². The average molecular weight is 306 g/mol. The molecule has 1 N–H and O–H groups in total. The first kappa shape index (κ1) is 14.4. The number of benzene rings is 2. The van der Waals surface area contributed by atoms with E-state index in [-0.39, 0.29) is 5.25 Å². The van der Waals surface area contributed by atoms with Crippen molar-refractivity contribution in [3.05, 3.63) is 54.6 Å². The Morgan fingerprint density at radius 2 is 1.77 bits per heavy atom. The van der Waals surface area contributed by atoms with E-state index < -0.39 is 0 Å². The number of hydrogen-bond acceptors (Lipinski definition) is 5. The fourth-order valence-electron chi connectivity index (χ4n) is 2.05. The Morgan fingerprint density at radius 3 is 2.55 bits per heavy atom. The van der Waals surface area contributed by atoms with Gasteiger partial charge in [-0.15, -0.1) is 0 Å². The molecule has 0 bridgehead atoms. The van der Waals surface area contributed by atoms with Gasteiger partial charge in [0.25, 0.3) is 0 Å². The topological polar surface area (TPSA) is 61.6 Å². The van der Waals surface area contributed by atoms with E-state index in [9.17, 15) is 0 Å². The molecule has 0 saturated heterocycles. The molecule has 0 amide bonds. The second kappa shape index (κ2) is 6.46. The summed E-state index contributed by atoms with van der Waals surface area (Å²) in [5.41, 5.74) is 1.83. The summed E-state index contributed by atoms with van der Waals surface area (Å²) in [7, 11) is 0. The van der Waals surface area contributed by atoms with E-state index in [1.165, 1.54) is 11.8 Å². The molecule has 1 atom stereocenters. The molecular formula is C17H14N4S. The summed E-state index contributed by atoms with van der Waals surface area (Å²) >= 11 is 1.36. The standard InChI is InChI=1S/C17H14N4S/c1-12(11-18)22-17-20-15-10-6-5-9-14(15)16(21-17)19-13-7-3-2-4-8-13/h2-10,12H,1H3,(H,19,20,21)/t12-/m0/s1. The molecular weight excluding hydrogens is 292 g/mol. The van der Waals surface area contributed by atoms with Gasteiger partial charge in [-0.05, 0) is 31.2 Å². The summed E-state index contributed by atoms with van der Waals surface area (Å²) < 4.78 is 0. The van der Waals surface area contributed by atoms with Gasteiger partial charge >= 0.3 is 0 Å². The van der Waals surface area contributed by atoms with Crippen molar-refractivity contribution < 1.29 is 0 Å². The van der Waals surface area contributed by atoms with E-state index in [1.807, 2.05) is 61.5 Å². The van der Waals surface area contributed by atoms with E-state index in [1.54, 1.807) is 0 Å². The van der Waals surface area contributed by atoms with Crippen LogP contribution in [0.2, 0.25) is 0 Å². The highest BCUT2D eigenvalue weighted by Crippen LogP contribution is 2.28. The number of fused-ring (bicyclic) bond motifs is 1. The predicted octanol–water partition coefficient (Wildman–Crippen LogP) is 4.38. The number of thioether (sulfide) groups is 1. The highest BCUT2D eigenvalue weighted by Gasteiger charge is 2.11. The van der Waals surface area contributed by atoms with Crippen molar-refractivity contribution in [3.63, 3.8) is 0 Å². The van der Waals surface area contributed by atoms with Crippen LogP contribution in [0.3, 0.4) is 0 Å². The van der Waals surface area contributed by atoms with Crippen LogP contribution < -0.4 is 5.32 Å². The summed E-state index contributed by atoms with van der Waals surface area (Å²) in [6, 6.07) is 19.9. The van der Waals surface area contributed by atoms with Crippen molar-refractivity contribution in [3.8, 4) is 6.07 Å². The molecule has 0 fully saturated rings. The van der Waals surface area contributed by atoms with E-state index in [2.05, 4.69) is 21.4 Å². The van der Waals surface area contributed by atoms with Gasteiger partial charge in [-0.1, -0.05) is 42.1 Å². The van der Waals surface area contributed by atoms with Crippen LogP contribution in [-0.2, 0) is 0 Å². The maximum Gasteiger partial charge on any atom is 0.191 e. The highest BCUT2D eigenvalue weighted by atomic mass is 32.2. The van der Waals surface area contributed by atoms with Crippen molar-refractivity contribution in [2.75, 3.05) is 5.32 Å². The summed E-state index contributed by atoms with van der Waals surface area (Å²) in [5.74, 6) is 0.754. The number of nitriles is 1. The van der Waals surface area contributed by atoms with Crippen LogP contribution in [-0.4, -0.2) is 15.2 Å². The Balaban J connectivity index is 2.04. The third-order valence-electron chi connectivity index (χ3n) is 3.08. The van der Waals surface area contributed by atoms with Gasteiger partial charge in [0.2, 0.25) is 0 Å². The molecule has 1 aromatic heterocycles. The molecule has 0 aliphatic rings. The molecule has 5 heteroatoms. The lowest BCUT2D eigenvalue weighted by atomic mass is 10.2. The molecule has 4 nitrogen and oxygen atoms in total. The number of hydrogen-bond donors (Lipinski definition) is 1. The number of anilines is 2. The Morgan fingerprint density at radius 1 is 1.05 bits per heavy atom. The van der Waals surface area contributed by atoms with Crippen molar-refractivity contribution in [2.45, 2.75) is 17.3 Å². The predicted molar refractivity (Wildman–Crippen MR) is 90.2 cm³/mol. The minimum Gasteiger partial charge on any atom is -0.340 e. The largest absolute Gasteiger partial charge is 0.340 e. The molecule has 0 saturated carbocycles. The molecule has 22 heavy (non-hydrogen) atoms. The lowest BCUT2D eigenvalue weighted by Crippen LogP contribution is -2.00. The lowest BCUT2D eigenvalue weighted by molar-refractivity contribution is 1.00. The molecule has 1 heterocycles. The summed E-state index contributed by atoms with van der Waals surface area (Å²) in [6.07, 6.45) is 0. The maximum absolute atomic E-state index is 8.97. The van der Waals surface area contributed by atoms with Gasteiger partial charge in [0, 0.05) is 11.1 Å². The van der Waals surface area contributed by atoms with Crippen molar-refractivity contribution >= 4 is 34.2 Å². The summed E-state index contributed by atoms with van der Waals surface area (Å²) in [4.78, 5) is 9.10. The molecule has 0 aliphatic heterocycles. The monoisotopic (exact) mass is 306 g/mol. The third-order valence-corrected chi connectivity index (χ3v) is 3.94. The van der Waals surface area contributed by atoms with Gasteiger partial charge in [0.15, 0.2) is 5.16 Å². The van der Waals surface area contributed by atoms with Gasteiger partial charge in [-0.2, -0.15) is 5.26 Å². The van der Waals surface area contributed by atoms with Crippen LogP contribution >= 0.6 is 11.8 Å². The minimum atomic E-state index is -0.189. The second-order valence-electron chi connectivity index (χ2n) is 4.75. The van der Waals surface area contributed by atoms with E-state index in [0.717, 1.165) is 22.4 Å². The van der Waals surface area contributed by atoms with Gasteiger partial charge in [0.1, 0.15) is 5.82 Å². The number of rotatable bonds is 4. The van der Waals surface area contributed by atoms with Crippen molar-refractivity contribution in [1.82, 2.24) is 9.97 Å². The molecule has 3 aromatic rings. The zero-order valence-corrected chi connectivity index (χ0v) is 12.8. The molecule has 2 aromatic carbocycles. The molecule has 108 valence electrons. The van der Waals surface area contributed by atoms with Gasteiger partial charge in [-0.3, -0.25) is 0 Å². The smallest absolute Gasteiger partial charge is 0.191 e. The van der Waals surface area contributed by atoms with Gasteiger partial charge in [-0.25, -0.2) is 9.97 Å². The van der Waals surface area contributed by atoms with Crippen LogP contribution in [0.4, 0.5) is 11.5 Å². The fourth-order valence-corrected chi connectivity index (χ4v) is 2.71. The summed E-state index contributed by atoms with van der Waals surface area (Å²) in [6.45, 7) is 1.84. The number of nitrogens with zero attached hydrogens (tertiary/aromatic N) is 3. The van der Waals surface area contributed by atoms with Gasteiger partial charge in [0.05, 0.1) is 16.8 Å². The maximum atomic E-state index is 8.97. The second-order valence-corrected chi connectivity index (χ2v) is 6.06. The summed E-state index contributed by atoms with van der Waals surface area (Å²) in [5, 5.41) is 13.7. The first-order valence-corrected chi connectivity index (χ1v) is 7.79. The lowest BCUT2D eigenvalue weighted by Gasteiger charge is -2.11. The average Bonchev–Trinajstić information content (AvgIpc) is 2.55. The molecule has 0 aliphatic carbocycles. The number of aromatic nitrogens is 2. The molecule has 0 spiro atoms. The van der Waals surface area contributed by atoms with Crippen LogP contribution in [0.1, 0.15) is 6.92 Å². The minimum absolute atomic E-state index is 0.189. The van der Waals surface area contributed by atoms with Crippen molar-refractivity contribution in [1.29, 1.82) is 5.26 Å². The van der Waals surface area contributed by atoms with Crippen molar-refractivity contribution in [2.24, 2.45) is 0 Å². The third kappa shape index (κ3) is 3.18. The quantitative estimate of drug-likeness (QED) is 0.572. The SMILES string of the molecule is C[C@@H](C#N)Sc1nc(Nc2ccccc2)c2ccccc2n1. The number of para-hydroxylation sites is 2. The normalized spacial score (nSPS) is 11.8. The Labute approximate surface area is 133 Å². The first-order valence-electron chi connectivity index (χ1n) is 6.91. The Kier molecular flexibility index (Phi) is 4.22. The molecule has 0 radical (unpaired) electrons. The highest BCUT2D eigenvalue weighted by molar-refractivity contribution is 8.00. The van der Waals surface area contributed by atoms with Gasteiger partial charge < -0.3 is 5.32 Å². The molecule has 3 rings (SSSR count).